The molecule has 1 aliphatic carbocycles. The number of anilines is 1. The number of carbonyl (C=O) groups excluding carboxylic acids is 1. The largest absolute Gasteiger partial charge is 0.489 e. The average Bonchev–Trinajstić information content (AvgIpc) is 2.89. The molecular weight excluding hydrogens is 451 g/mol. The lowest BCUT2D eigenvalue weighted by Gasteiger charge is -2.39. The van der Waals surface area contributed by atoms with Gasteiger partial charge >= 0.3 is 6.03 Å². The summed E-state index contributed by atoms with van der Waals surface area (Å²) in [6.45, 7) is 0.797. The number of nitrogens with zero attached hydrogens (tertiary/aromatic N) is 2. The minimum absolute atomic E-state index is 0.0452. The summed E-state index contributed by atoms with van der Waals surface area (Å²) in [5, 5.41) is 8.96. The van der Waals surface area contributed by atoms with E-state index in [1.54, 1.807) is 38.1 Å². The summed E-state index contributed by atoms with van der Waals surface area (Å²) in [5.41, 5.74) is 1.89. The lowest BCUT2D eigenvalue weighted by Crippen LogP contribution is -2.39. The van der Waals surface area contributed by atoms with Crippen molar-refractivity contribution < 1.29 is 28.5 Å². The zero-order valence-corrected chi connectivity index (χ0v) is 21.1. The number of urea groups is 1. The molecule has 2 amide bonds. The van der Waals surface area contributed by atoms with Crippen LogP contribution >= 0.6 is 0 Å². The third kappa shape index (κ3) is 6.72. The predicted octanol–water partition coefficient (Wildman–Crippen LogP) is 4.71. The predicted molar refractivity (Wildman–Crippen MR) is 133 cm³/mol. The van der Waals surface area contributed by atoms with Crippen molar-refractivity contribution in [2.24, 2.45) is 0 Å². The number of amides is 2. The van der Waals surface area contributed by atoms with Crippen LogP contribution in [0, 0.1) is 5.82 Å². The molecule has 1 N–H and O–H groups in total. The molecule has 2 aromatic carbocycles. The lowest BCUT2D eigenvalue weighted by molar-refractivity contribution is -0.0764. The van der Waals surface area contributed by atoms with E-state index in [0.717, 1.165) is 42.5 Å². The molecular formula is C27H37FN2O5. The number of halogens is 1. The fraction of sp³-hybridized carbons (Fsp3) is 0.519. The average molecular weight is 489 g/mol. The molecule has 8 heteroatoms. The zero-order valence-electron chi connectivity index (χ0n) is 21.1. The highest BCUT2D eigenvalue weighted by molar-refractivity contribution is 5.91. The van der Waals surface area contributed by atoms with Crippen LogP contribution in [0.15, 0.2) is 42.5 Å². The summed E-state index contributed by atoms with van der Waals surface area (Å²) in [6.07, 6.45) is 3.98. The number of rotatable bonds is 10. The van der Waals surface area contributed by atoms with Gasteiger partial charge in [0.15, 0.2) is 0 Å². The van der Waals surface area contributed by atoms with E-state index >= 15 is 0 Å². The van der Waals surface area contributed by atoms with Crippen molar-refractivity contribution in [3.63, 3.8) is 0 Å². The van der Waals surface area contributed by atoms with Crippen LogP contribution in [0.1, 0.15) is 43.2 Å². The molecule has 1 fully saturated rings. The van der Waals surface area contributed by atoms with E-state index in [2.05, 4.69) is 0 Å². The van der Waals surface area contributed by atoms with E-state index in [1.165, 1.54) is 12.1 Å². The minimum atomic E-state index is -0.543. The van der Waals surface area contributed by atoms with Gasteiger partial charge in [-0.2, -0.15) is 0 Å². The molecule has 0 aliphatic heterocycles. The Morgan fingerprint density at radius 2 is 1.80 bits per heavy atom. The smallest absolute Gasteiger partial charge is 0.323 e. The third-order valence-electron chi connectivity index (χ3n) is 6.86. The van der Waals surface area contributed by atoms with Gasteiger partial charge in [0.25, 0.3) is 0 Å². The molecule has 3 rings (SSSR count). The van der Waals surface area contributed by atoms with Crippen LogP contribution in [-0.4, -0.2) is 63.6 Å². The van der Waals surface area contributed by atoms with Crippen molar-refractivity contribution in [3.05, 3.63) is 59.4 Å². The Balaban J connectivity index is 1.65. The first-order valence-corrected chi connectivity index (χ1v) is 12.0. The second kappa shape index (κ2) is 12.3. The van der Waals surface area contributed by atoms with Crippen molar-refractivity contribution in [2.75, 3.05) is 46.4 Å². The van der Waals surface area contributed by atoms with Crippen molar-refractivity contribution >= 4 is 11.7 Å². The molecule has 0 aromatic heterocycles. The van der Waals surface area contributed by atoms with Gasteiger partial charge < -0.3 is 24.2 Å². The fourth-order valence-electron chi connectivity index (χ4n) is 4.57. The number of aliphatic hydroxyl groups excluding tert-OH is 1. The minimum Gasteiger partial charge on any atom is -0.489 e. The molecule has 192 valence electrons. The van der Waals surface area contributed by atoms with Gasteiger partial charge in [-0.05, 0) is 67.5 Å². The molecule has 0 unspecified atom stereocenters. The Bertz CT molecular complexity index is 961. The molecule has 0 radical (unpaired) electrons. The van der Waals surface area contributed by atoms with Crippen molar-refractivity contribution in [3.8, 4) is 5.75 Å². The summed E-state index contributed by atoms with van der Waals surface area (Å²) in [6, 6.07) is 12.1. The molecule has 0 bridgehead atoms. The van der Waals surface area contributed by atoms with Crippen LogP contribution in [-0.2, 0) is 21.7 Å². The summed E-state index contributed by atoms with van der Waals surface area (Å²) >= 11 is 0. The Hall–Kier alpha value is -2.68. The fourth-order valence-corrected chi connectivity index (χ4v) is 4.57. The summed E-state index contributed by atoms with van der Waals surface area (Å²) in [5.74, 6) is 0.0933. The van der Waals surface area contributed by atoms with Crippen LogP contribution in [0.4, 0.5) is 14.9 Å². The Kier molecular flexibility index (Phi) is 9.48. The van der Waals surface area contributed by atoms with Gasteiger partial charge in [0.2, 0.25) is 0 Å². The highest BCUT2D eigenvalue weighted by Crippen LogP contribution is 2.42. The first-order valence-electron chi connectivity index (χ1n) is 12.0. The molecule has 0 spiro atoms. The first kappa shape index (κ1) is 26.9. The van der Waals surface area contributed by atoms with Crippen LogP contribution in [0.25, 0.3) is 0 Å². The number of aliphatic hydroxyl groups is 1. The van der Waals surface area contributed by atoms with E-state index in [1.807, 2.05) is 30.3 Å². The number of hydrogen-bond acceptors (Lipinski definition) is 5. The highest BCUT2D eigenvalue weighted by atomic mass is 19.1. The van der Waals surface area contributed by atoms with E-state index < -0.39 is 5.60 Å². The number of methoxy groups -OCH3 is 2. The number of carbonyl (C=O) groups is 1. The van der Waals surface area contributed by atoms with Crippen molar-refractivity contribution in [1.82, 2.24) is 4.90 Å². The van der Waals surface area contributed by atoms with Crippen LogP contribution < -0.4 is 9.64 Å². The van der Waals surface area contributed by atoms with Gasteiger partial charge in [-0.3, -0.25) is 4.90 Å². The molecule has 1 aliphatic rings. The van der Waals surface area contributed by atoms with Crippen LogP contribution in [0.2, 0.25) is 0 Å². The van der Waals surface area contributed by atoms with Crippen LogP contribution in [0.3, 0.4) is 0 Å². The van der Waals surface area contributed by atoms with Gasteiger partial charge in [0.05, 0.1) is 11.7 Å². The molecule has 1 saturated carbocycles. The highest BCUT2D eigenvalue weighted by Gasteiger charge is 2.37. The van der Waals surface area contributed by atoms with E-state index in [4.69, 9.17) is 19.3 Å². The molecule has 35 heavy (non-hydrogen) atoms. The molecule has 0 heterocycles. The van der Waals surface area contributed by atoms with E-state index in [-0.39, 0.29) is 31.2 Å². The third-order valence-corrected chi connectivity index (χ3v) is 6.86. The molecule has 0 atom stereocenters. The standard InChI is InChI=1S/C27H37FN2O5/c1-29(14-5-15-31)26(32)30(2)23-8-6-20(7-9-23)19-35-25-17-21(16-22(28)18-25)27(34-4)12-10-24(33-3)11-13-27/h6-9,16-18,24,31H,5,10-15,19H2,1-4H3. The van der Waals surface area contributed by atoms with Gasteiger partial charge in [-0.1, -0.05) is 12.1 Å². The van der Waals surface area contributed by atoms with Gasteiger partial charge in [0, 0.05) is 53.2 Å². The Labute approximate surface area is 207 Å². The monoisotopic (exact) mass is 488 g/mol. The molecule has 7 nitrogen and oxygen atoms in total. The lowest BCUT2D eigenvalue weighted by atomic mass is 9.78. The normalized spacial score (nSPS) is 19.9. The number of benzene rings is 2. The quantitative estimate of drug-likeness (QED) is 0.525. The summed E-state index contributed by atoms with van der Waals surface area (Å²) < 4.78 is 31.8. The van der Waals surface area contributed by atoms with Gasteiger partial charge in [-0.25, -0.2) is 9.18 Å². The maximum atomic E-state index is 14.5. The zero-order chi connectivity index (χ0) is 25.4. The second-order valence-electron chi connectivity index (χ2n) is 9.10. The molecule has 2 aromatic rings. The van der Waals surface area contributed by atoms with Crippen LogP contribution in [0.5, 0.6) is 5.75 Å². The van der Waals surface area contributed by atoms with Crippen molar-refractivity contribution in [2.45, 2.75) is 50.4 Å². The van der Waals surface area contributed by atoms with Crippen molar-refractivity contribution in [1.29, 1.82) is 0 Å². The second-order valence-corrected chi connectivity index (χ2v) is 9.10. The maximum absolute atomic E-state index is 14.5. The Morgan fingerprint density at radius 1 is 1.11 bits per heavy atom. The van der Waals surface area contributed by atoms with E-state index in [9.17, 15) is 9.18 Å². The Morgan fingerprint density at radius 3 is 2.40 bits per heavy atom. The first-order chi connectivity index (χ1) is 16.8. The van der Waals surface area contributed by atoms with Gasteiger partial charge in [-0.15, -0.1) is 0 Å². The topological polar surface area (TPSA) is 71.5 Å². The SMILES string of the molecule is COC1CCC(OC)(c2cc(F)cc(OCc3ccc(N(C)C(=O)N(C)CCCO)cc3)c2)CC1. The number of ether oxygens (including phenoxy) is 3. The summed E-state index contributed by atoms with van der Waals surface area (Å²) in [7, 11) is 6.81. The maximum Gasteiger partial charge on any atom is 0.323 e. The van der Waals surface area contributed by atoms with Gasteiger partial charge in [0.1, 0.15) is 18.2 Å². The number of hydrogen-bond donors (Lipinski definition) is 1. The molecule has 0 saturated heterocycles. The summed E-state index contributed by atoms with van der Waals surface area (Å²) in [4.78, 5) is 15.6. The van der Waals surface area contributed by atoms with E-state index in [0.29, 0.717) is 18.7 Å².